The summed E-state index contributed by atoms with van der Waals surface area (Å²) in [5, 5.41) is 5.24. The van der Waals surface area contributed by atoms with Crippen molar-refractivity contribution in [1.82, 2.24) is 15.3 Å². The molecule has 3 amide bonds. The fraction of sp³-hybridized carbons (Fsp3) is 0.350. The standard InChI is InChI=1S/C20H21N3O7S/c24-17(10-13-5-6-14-3-1-2-4-15(14)9-13)11-21-19(25)18-8-7-16-12-22(18)20(26)23(16)30-31(27,28)29/h1-6,9,16,18H,7-8,10-12H2,(H,21,25)(H,27,28,29)/t16-,18+/m1/s1. The smallest absolute Gasteiger partial charge is 0.347 e. The van der Waals surface area contributed by atoms with Gasteiger partial charge in [-0.15, -0.1) is 4.28 Å². The number of rotatable bonds is 7. The highest BCUT2D eigenvalue weighted by Crippen LogP contribution is 2.30. The molecule has 0 spiro atoms. The molecule has 2 aliphatic heterocycles. The highest BCUT2D eigenvalue weighted by atomic mass is 32.3. The number of hydroxylamine groups is 2. The van der Waals surface area contributed by atoms with Crippen LogP contribution >= 0.6 is 0 Å². The molecule has 0 aromatic heterocycles. The van der Waals surface area contributed by atoms with Gasteiger partial charge in [0, 0.05) is 13.0 Å². The van der Waals surface area contributed by atoms with E-state index in [-0.39, 0.29) is 31.7 Å². The van der Waals surface area contributed by atoms with Crippen LogP contribution in [0.1, 0.15) is 18.4 Å². The van der Waals surface area contributed by atoms with E-state index in [2.05, 4.69) is 9.60 Å². The predicted octanol–water partition coefficient (Wildman–Crippen LogP) is 1.07. The van der Waals surface area contributed by atoms with E-state index >= 15 is 0 Å². The lowest BCUT2D eigenvalue weighted by Crippen LogP contribution is -2.50. The van der Waals surface area contributed by atoms with Crippen LogP contribution in [0.25, 0.3) is 10.8 Å². The molecule has 10 nitrogen and oxygen atoms in total. The van der Waals surface area contributed by atoms with Gasteiger partial charge in [-0.25, -0.2) is 4.79 Å². The zero-order valence-corrected chi connectivity index (χ0v) is 17.2. The second kappa shape index (κ2) is 8.25. The molecule has 4 rings (SSSR count). The van der Waals surface area contributed by atoms with Gasteiger partial charge in [-0.2, -0.15) is 13.5 Å². The van der Waals surface area contributed by atoms with Gasteiger partial charge in [0.1, 0.15) is 6.04 Å². The first-order chi connectivity index (χ1) is 14.7. The zero-order chi connectivity index (χ0) is 22.2. The van der Waals surface area contributed by atoms with Gasteiger partial charge >= 0.3 is 16.4 Å². The third kappa shape index (κ3) is 4.68. The topological polar surface area (TPSA) is 133 Å². The SMILES string of the molecule is O=C(CNC(=O)[C@@H]1CC[C@@H]2CN1C(=O)N2OS(=O)(=O)O)Cc1ccc2ccccc2c1. The van der Waals surface area contributed by atoms with Crippen molar-refractivity contribution in [3.8, 4) is 0 Å². The molecule has 2 heterocycles. The molecule has 0 saturated carbocycles. The molecule has 11 heteroatoms. The van der Waals surface area contributed by atoms with Gasteiger partial charge in [-0.05, 0) is 29.2 Å². The zero-order valence-electron chi connectivity index (χ0n) is 16.4. The fourth-order valence-corrected chi connectivity index (χ4v) is 4.43. The van der Waals surface area contributed by atoms with Crippen molar-refractivity contribution in [2.24, 2.45) is 0 Å². The van der Waals surface area contributed by atoms with Gasteiger partial charge in [0.05, 0.1) is 12.6 Å². The molecule has 2 fully saturated rings. The lowest BCUT2D eigenvalue weighted by molar-refractivity contribution is -0.128. The summed E-state index contributed by atoms with van der Waals surface area (Å²) in [6, 6.07) is 11.3. The predicted molar refractivity (Wildman–Crippen MR) is 109 cm³/mol. The van der Waals surface area contributed by atoms with Gasteiger partial charge in [-0.1, -0.05) is 42.5 Å². The quantitative estimate of drug-likeness (QED) is 0.607. The molecule has 2 aromatic rings. The molecule has 2 N–H and O–H groups in total. The minimum atomic E-state index is -4.85. The number of piperidine rings is 1. The van der Waals surface area contributed by atoms with E-state index < -0.39 is 34.4 Å². The number of benzene rings is 2. The highest BCUT2D eigenvalue weighted by molar-refractivity contribution is 7.80. The monoisotopic (exact) mass is 447 g/mol. The van der Waals surface area contributed by atoms with E-state index in [9.17, 15) is 22.8 Å². The normalized spacial score (nSPS) is 20.9. The number of fused-ring (bicyclic) bond motifs is 3. The Kier molecular flexibility index (Phi) is 5.65. The van der Waals surface area contributed by atoms with Crippen molar-refractivity contribution in [1.29, 1.82) is 0 Å². The molecular weight excluding hydrogens is 426 g/mol. The van der Waals surface area contributed by atoms with Gasteiger partial charge in [0.15, 0.2) is 5.78 Å². The number of urea groups is 1. The second-order valence-corrected chi connectivity index (χ2v) is 8.63. The summed E-state index contributed by atoms with van der Waals surface area (Å²) >= 11 is 0. The van der Waals surface area contributed by atoms with Gasteiger partial charge in [-0.3, -0.25) is 14.1 Å². The summed E-state index contributed by atoms with van der Waals surface area (Å²) in [5.41, 5.74) is 0.839. The van der Waals surface area contributed by atoms with Crippen LogP contribution in [0.3, 0.4) is 0 Å². The number of carbonyl (C=O) groups is 3. The van der Waals surface area contributed by atoms with Crippen LogP contribution in [0, 0.1) is 0 Å². The summed E-state index contributed by atoms with van der Waals surface area (Å²) < 4.78 is 35.1. The Morgan fingerprint density at radius 2 is 1.87 bits per heavy atom. The Labute approximate surface area is 178 Å². The molecule has 2 bridgehead atoms. The van der Waals surface area contributed by atoms with Crippen LogP contribution in [-0.4, -0.2) is 65.8 Å². The lowest BCUT2D eigenvalue weighted by atomic mass is 10.00. The van der Waals surface area contributed by atoms with Crippen molar-refractivity contribution < 1.29 is 31.6 Å². The fourth-order valence-electron chi connectivity index (χ4n) is 4.05. The number of nitrogens with zero attached hydrogens (tertiary/aromatic N) is 2. The van der Waals surface area contributed by atoms with Crippen LogP contribution < -0.4 is 5.32 Å². The number of amides is 3. The Balaban J connectivity index is 1.33. The van der Waals surface area contributed by atoms with E-state index in [4.69, 9.17) is 4.55 Å². The van der Waals surface area contributed by atoms with E-state index in [1.54, 1.807) is 0 Å². The molecule has 0 aliphatic carbocycles. The number of carbonyl (C=O) groups excluding carboxylic acids is 3. The van der Waals surface area contributed by atoms with Crippen LogP contribution in [0.4, 0.5) is 4.79 Å². The number of Topliss-reactive ketones (excluding diaryl/α,β-unsaturated/α-hetero) is 1. The molecule has 0 unspecified atom stereocenters. The Morgan fingerprint density at radius 1 is 1.13 bits per heavy atom. The average molecular weight is 447 g/mol. The number of hydrogen-bond donors (Lipinski definition) is 2. The molecule has 2 saturated heterocycles. The Hall–Kier alpha value is -3.02. The Morgan fingerprint density at radius 3 is 2.61 bits per heavy atom. The average Bonchev–Trinajstić information content (AvgIpc) is 2.95. The van der Waals surface area contributed by atoms with Crippen molar-refractivity contribution in [2.75, 3.05) is 13.1 Å². The van der Waals surface area contributed by atoms with Crippen molar-refractivity contribution >= 4 is 38.9 Å². The van der Waals surface area contributed by atoms with E-state index in [1.165, 1.54) is 4.90 Å². The van der Waals surface area contributed by atoms with Gasteiger partial charge in [0.25, 0.3) is 0 Å². The van der Waals surface area contributed by atoms with Gasteiger partial charge < -0.3 is 10.2 Å². The Bertz CT molecular complexity index is 1150. The summed E-state index contributed by atoms with van der Waals surface area (Å²) in [5.74, 6) is -0.672. The molecule has 2 atom stereocenters. The first-order valence-corrected chi connectivity index (χ1v) is 11.1. The largest absolute Gasteiger partial charge is 0.418 e. The second-order valence-electron chi connectivity index (χ2n) is 7.62. The molecule has 31 heavy (non-hydrogen) atoms. The van der Waals surface area contributed by atoms with Crippen LogP contribution in [-0.2, 0) is 30.7 Å². The van der Waals surface area contributed by atoms with Crippen LogP contribution in [0.2, 0.25) is 0 Å². The summed E-state index contributed by atoms with van der Waals surface area (Å²) in [7, 11) is -4.85. The summed E-state index contributed by atoms with van der Waals surface area (Å²) in [6.07, 6.45) is 0.768. The third-order valence-electron chi connectivity index (χ3n) is 5.47. The molecule has 0 radical (unpaired) electrons. The van der Waals surface area contributed by atoms with Gasteiger partial charge in [0.2, 0.25) is 5.91 Å². The van der Waals surface area contributed by atoms with Crippen molar-refractivity contribution in [3.63, 3.8) is 0 Å². The maximum Gasteiger partial charge on any atom is 0.418 e. The van der Waals surface area contributed by atoms with E-state index in [0.717, 1.165) is 16.3 Å². The third-order valence-corrected chi connectivity index (χ3v) is 5.82. The molecule has 2 aliphatic rings. The first-order valence-electron chi connectivity index (χ1n) is 9.75. The summed E-state index contributed by atoms with van der Waals surface area (Å²) in [6.45, 7) is -0.0870. The number of ketones is 1. The molecule has 164 valence electrons. The highest BCUT2D eigenvalue weighted by Gasteiger charge is 2.49. The molecule has 2 aromatic carbocycles. The van der Waals surface area contributed by atoms with Crippen LogP contribution in [0.5, 0.6) is 0 Å². The first kappa shape index (κ1) is 21.2. The number of hydrogen-bond acceptors (Lipinski definition) is 6. The van der Waals surface area contributed by atoms with Crippen molar-refractivity contribution in [2.45, 2.75) is 31.3 Å². The lowest BCUT2D eigenvalue weighted by Gasteiger charge is -2.29. The maximum atomic E-state index is 12.6. The van der Waals surface area contributed by atoms with E-state index in [1.807, 2.05) is 42.5 Å². The summed E-state index contributed by atoms with van der Waals surface area (Å²) in [4.78, 5) is 38.5. The minimum absolute atomic E-state index is 0.0947. The maximum absolute atomic E-state index is 12.6. The van der Waals surface area contributed by atoms with E-state index in [0.29, 0.717) is 11.5 Å². The number of nitrogens with one attached hydrogen (secondary N) is 1. The van der Waals surface area contributed by atoms with Crippen molar-refractivity contribution in [3.05, 3.63) is 48.0 Å². The van der Waals surface area contributed by atoms with Crippen LogP contribution in [0.15, 0.2) is 42.5 Å². The minimum Gasteiger partial charge on any atom is -0.347 e. The molecular formula is C20H21N3O7S.